The first kappa shape index (κ1) is 10.4. The molecule has 1 aliphatic heterocycles. The molecule has 0 aromatic carbocycles. The Bertz CT molecular complexity index is 198. The zero-order valence-electron chi connectivity index (χ0n) is 8.89. The van der Waals surface area contributed by atoms with Crippen molar-refractivity contribution in [2.45, 2.75) is 50.9 Å². The third-order valence-corrected chi connectivity index (χ3v) is 3.86. The summed E-state index contributed by atoms with van der Waals surface area (Å²) >= 11 is 0. The maximum absolute atomic E-state index is 9.77. The predicted octanol–water partition coefficient (Wildman–Crippen LogP) is 0.602. The van der Waals surface area contributed by atoms with Gasteiger partial charge in [0.15, 0.2) is 0 Å². The van der Waals surface area contributed by atoms with Crippen LogP contribution in [-0.4, -0.2) is 46.5 Å². The second-order valence-electron chi connectivity index (χ2n) is 4.89. The van der Waals surface area contributed by atoms with Gasteiger partial charge in [0, 0.05) is 12.6 Å². The Labute approximate surface area is 85.7 Å². The smallest absolute Gasteiger partial charge is 0.0695 e. The zero-order chi connectivity index (χ0) is 10.1. The van der Waals surface area contributed by atoms with E-state index in [0.29, 0.717) is 12.0 Å². The van der Waals surface area contributed by atoms with Gasteiger partial charge in [-0.05, 0) is 38.1 Å². The lowest BCUT2D eigenvalue weighted by molar-refractivity contribution is -0.0154. The van der Waals surface area contributed by atoms with Gasteiger partial charge in [-0.15, -0.1) is 0 Å². The largest absolute Gasteiger partial charge is 0.392 e. The van der Waals surface area contributed by atoms with Crippen LogP contribution in [0.5, 0.6) is 0 Å². The van der Waals surface area contributed by atoms with E-state index in [9.17, 15) is 10.2 Å². The summed E-state index contributed by atoms with van der Waals surface area (Å²) in [6.07, 6.45) is 3.88. The van der Waals surface area contributed by atoms with Crippen molar-refractivity contribution in [3.63, 3.8) is 0 Å². The van der Waals surface area contributed by atoms with Gasteiger partial charge >= 0.3 is 0 Å². The molecule has 0 radical (unpaired) electrons. The molecule has 0 bridgehead atoms. The predicted molar refractivity (Wildman–Crippen MR) is 55.0 cm³/mol. The number of rotatable bonds is 1. The minimum absolute atomic E-state index is 0.157. The van der Waals surface area contributed by atoms with E-state index in [1.807, 2.05) is 0 Å². The van der Waals surface area contributed by atoms with Crippen LogP contribution in [0.1, 0.15) is 32.6 Å². The van der Waals surface area contributed by atoms with Gasteiger partial charge in [-0.1, -0.05) is 6.92 Å². The minimum atomic E-state index is -0.198. The molecule has 3 heteroatoms. The molecule has 1 saturated carbocycles. The van der Waals surface area contributed by atoms with Crippen molar-refractivity contribution in [2.24, 2.45) is 5.92 Å². The van der Waals surface area contributed by atoms with E-state index in [1.165, 1.54) is 0 Å². The summed E-state index contributed by atoms with van der Waals surface area (Å²) in [5.74, 6) is 0.421. The summed E-state index contributed by atoms with van der Waals surface area (Å²) in [5, 5.41) is 19.5. The highest BCUT2D eigenvalue weighted by Crippen LogP contribution is 2.28. The van der Waals surface area contributed by atoms with Crippen LogP contribution in [0, 0.1) is 5.92 Å². The average Bonchev–Trinajstić information content (AvgIpc) is 2.57. The summed E-state index contributed by atoms with van der Waals surface area (Å²) in [6, 6.07) is 0.317. The van der Waals surface area contributed by atoms with E-state index in [1.54, 1.807) is 0 Å². The minimum Gasteiger partial charge on any atom is -0.392 e. The Morgan fingerprint density at radius 1 is 1.07 bits per heavy atom. The molecule has 2 fully saturated rings. The van der Waals surface area contributed by atoms with Gasteiger partial charge in [-0.25, -0.2) is 0 Å². The number of hydrogen-bond acceptors (Lipinski definition) is 3. The second kappa shape index (κ2) is 4.17. The molecule has 1 heterocycles. The molecule has 0 amide bonds. The van der Waals surface area contributed by atoms with Crippen molar-refractivity contribution < 1.29 is 10.2 Å². The molecule has 0 aromatic rings. The molecule has 4 atom stereocenters. The first-order valence-corrected chi connectivity index (χ1v) is 5.78. The Morgan fingerprint density at radius 2 is 1.86 bits per heavy atom. The summed E-state index contributed by atoms with van der Waals surface area (Å²) in [7, 11) is 0. The number of piperidine rings is 1. The van der Waals surface area contributed by atoms with Crippen molar-refractivity contribution in [1.29, 1.82) is 0 Å². The molecule has 2 unspecified atom stereocenters. The van der Waals surface area contributed by atoms with E-state index in [2.05, 4.69) is 11.8 Å². The fourth-order valence-corrected chi connectivity index (χ4v) is 2.72. The monoisotopic (exact) mass is 199 g/mol. The van der Waals surface area contributed by atoms with E-state index < -0.39 is 0 Å². The molecule has 0 aromatic heterocycles. The van der Waals surface area contributed by atoms with Crippen molar-refractivity contribution >= 4 is 0 Å². The van der Waals surface area contributed by atoms with Crippen molar-refractivity contribution in [3.05, 3.63) is 0 Å². The topological polar surface area (TPSA) is 43.7 Å². The molecule has 1 saturated heterocycles. The molecule has 14 heavy (non-hydrogen) atoms. The fourth-order valence-electron chi connectivity index (χ4n) is 2.72. The van der Waals surface area contributed by atoms with Gasteiger partial charge in [-0.3, -0.25) is 4.90 Å². The summed E-state index contributed by atoms with van der Waals surface area (Å²) in [4.78, 5) is 2.28. The van der Waals surface area contributed by atoms with Gasteiger partial charge < -0.3 is 10.2 Å². The number of aliphatic hydroxyl groups is 2. The molecule has 1 aliphatic carbocycles. The summed E-state index contributed by atoms with van der Waals surface area (Å²) in [6.45, 7) is 3.90. The third kappa shape index (κ3) is 1.95. The van der Waals surface area contributed by atoms with Crippen LogP contribution in [0.15, 0.2) is 0 Å². The van der Waals surface area contributed by atoms with E-state index in [0.717, 1.165) is 38.8 Å². The maximum Gasteiger partial charge on any atom is 0.0695 e. The van der Waals surface area contributed by atoms with Crippen LogP contribution in [-0.2, 0) is 0 Å². The van der Waals surface area contributed by atoms with Gasteiger partial charge in [0.1, 0.15) is 0 Å². The van der Waals surface area contributed by atoms with Crippen LogP contribution in [0.4, 0.5) is 0 Å². The Balaban J connectivity index is 1.92. The van der Waals surface area contributed by atoms with Crippen molar-refractivity contribution in [3.8, 4) is 0 Å². The van der Waals surface area contributed by atoms with Crippen LogP contribution in [0.2, 0.25) is 0 Å². The fraction of sp³-hybridized carbons (Fsp3) is 1.00. The number of nitrogens with zero attached hydrogens (tertiary/aromatic N) is 1. The quantitative estimate of drug-likeness (QED) is 0.650. The number of β-amino-alcohol motifs (C(OH)–C–C–N with tert-alkyl or cyclic N) is 1. The molecule has 3 nitrogen and oxygen atoms in total. The van der Waals surface area contributed by atoms with Gasteiger partial charge in [0.25, 0.3) is 0 Å². The van der Waals surface area contributed by atoms with Crippen LogP contribution < -0.4 is 0 Å². The standard InChI is InChI=1S/C11H21NO2/c1-8-5-6-12(7-11(8)14)9-3-2-4-10(9)13/h8-11,13-14H,2-7H2,1H3/t8?,9-,10-,11?/m1/s1. The number of likely N-dealkylation sites (tertiary alicyclic amines) is 1. The highest BCUT2D eigenvalue weighted by Gasteiger charge is 2.34. The normalized spacial score (nSPS) is 45.6. The van der Waals surface area contributed by atoms with Crippen LogP contribution in [0.3, 0.4) is 0 Å². The summed E-state index contributed by atoms with van der Waals surface area (Å²) < 4.78 is 0. The lowest BCUT2D eigenvalue weighted by Crippen LogP contribution is -2.50. The molecule has 0 spiro atoms. The second-order valence-corrected chi connectivity index (χ2v) is 4.89. The van der Waals surface area contributed by atoms with Crippen LogP contribution in [0.25, 0.3) is 0 Å². The summed E-state index contributed by atoms with van der Waals surface area (Å²) in [5.41, 5.74) is 0. The molecular formula is C11H21NO2. The molecule has 2 aliphatic rings. The van der Waals surface area contributed by atoms with Crippen molar-refractivity contribution in [2.75, 3.05) is 13.1 Å². The molecule has 2 N–H and O–H groups in total. The van der Waals surface area contributed by atoms with E-state index >= 15 is 0 Å². The highest BCUT2D eigenvalue weighted by atomic mass is 16.3. The number of hydrogen-bond donors (Lipinski definition) is 2. The van der Waals surface area contributed by atoms with Gasteiger partial charge in [0.05, 0.1) is 12.2 Å². The average molecular weight is 199 g/mol. The molecule has 2 rings (SSSR count). The molecule has 82 valence electrons. The van der Waals surface area contributed by atoms with Gasteiger partial charge in [0.2, 0.25) is 0 Å². The van der Waals surface area contributed by atoms with E-state index in [-0.39, 0.29) is 12.2 Å². The first-order chi connectivity index (χ1) is 6.68. The Morgan fingerprint density at radius 3 is 2.43 bits per heavy atom. The third-order valence-electron chi connectivity index (χ3n) is 3.86. The highest BCUT2D eigenvalue weighted by molar-refractivity contribution is 4.89. The maximum atomic E-state index is 9.77. The van der Waals surface area contributed by atoms with Gasteiger partial charge in [-0.2, -0.15) is 0 Å². The van der Waals surface area contributed by atoms with Crippen LogP contribution >= 0.6 is 0 Å². The number of aliphatic hydroxyl groups excluding tert-OH is 2. The van der Waals surface area contributed by atoms with E-state index in [4.69, 9.17) is 0 Å². The zero-order valence-corrected chi connectivity index (χ0v) is 8.89. The lowest BCUT2D eigenvalue weighted by Gasteiger charge is -2.39. The Hall–Kier alpha value is -0.120. The first-order valence-electron chi connectivity index (χ1n) is 5.78. The van der Waals surface area contributed by atoms with Crippen molar-refractivity contribution in [1.82, 2.24) is 4.90 Å². The lowest BCUT2D eigenvalue weighted by atomic mass is 9.94. The SMILES string of the molecule is CC1CCN([C@@H]2CCC[C@H]2O)CC1O. The molecular weight excluding hydrogens is 178 g/mol. The Kier molecular flexibility index (Phi) is 3.10.